The Kier molecular flexibility index (Phi) is 5.34. The van der Waals surface area contributed by atoms with Gasteiger partial charge in [0, 0.05) is 23.0 Å². The molecular weight excluding hydrogens is 246 g/mol. The van der Waals surface area contributed by atoms with E-state index in [2.05, 4.69) is 9.72 Å². The van der Waals surface area contributed by atoms with E-state index in [1.165, 1.54) is 18.5 Å². The molecule has 1 rings (SSSR count). The van der Waals surface area contributed by atoms with Gasteiger partial charge >= 0.3 is 5.97 Å². The fraction of sp³-hybridized carbons (Fsp3) is 0.455. The van der Waals surface area contributed by atoms with Crippen molar-refractivity contribution in [3.63, 3.8) is 0 Å². The summed E-state index contributed by atoms with van der Waals surface area (Å²) < 4.78 is 4.67. The zero-order valence-electron chi connectivity index (χ0n) is 9.34. The van der Waals surface area contributed by atoms with Gasteiger partial charge in [-0.3, -0.25) is 9.78 Å². The number of rotatable bonds is 5. The minimum Gasteiger partial charge on any atom is -0.466 e. The minimum absolute atomic E-state index is 0.231. The Morgan fingerprint density at radius 1 is 1.59 bits per heavy atom. The van der Waals surface area contributed by atoms with Gasteiger partial charge in [-0.15, -0.1) is 0 Å². The van der Waals surface area contributed by atoms with Crippen molar-refractivity contribution in [1.29, 1.82) is 0 Å². The second-order valence-electron chi connectivity index (χ2n) is 3.42. The van der Waals surface area contributed by atoms with Crippen molar-refractivity contribution < 1.29 is 19.7 Å². The SMILES string of the molecule is CCOC(=O)CC(O)C(O)c1cnccc1Cl. The summed E-state index contributed by atoms with van der Waals surface area (Å²) >= 11 is 5.83. The van der Waals surface area contributed by atoms with Crippen molar-refractivity contribution in [2.24, 2.45) is 0 Å². The number of aliphatic hydroxyl groups is 2. The normalized spacial score (nSPS) is 14.1. The minimum atomic E-state index is -1.27. The molecule has 0 fully saturated rings. The first-order valence-corrected chi connectivity index (χ1v) is 5.55. The van der Waals surface area contributed by atoms with Gasteiger partial charge in [0.25, 0.3) is 0 Å². The molecule has 6 heteroatoms. The van der Waals surface area contributed by atoms with Crippen LogP contribution in [0.3, 0.4) is 0 Å². The molecule has 5 nitrogen and oxygen atoms in total. The van der Waals surface area contributed by atoms with E-state index in [0.717, 1.165) is 0 Å². The van der Waals surface area contributed by atoms with Crippen molar-refractivity contribution in [3.8, 4) is 0 Å². The summed E-state index contributed by atoms with van der Waals surface area (Å²) in [4.78, 5) is 14.9. The van der Waals surface area contributed by atoms with E-state index in [1.807, 2.05) is 0 Å². The zero-order chi connectivity index (χ0) is 12.8. The van der Waals surface area contributed by atoms with E-state index in [-0.39, 0.29) is 23.6 Å². The molecule has 0 aliphatic heterocycles. The Morgan fingerprint density at radius 2 is 2.29 bits per heavy atom. The van der Waals surface area contributed by atoms with E-state index in [0.29, 0.717) is 0 Å². The summed E-state index contributed by atoms with van der Waals surface area (Å²) in [5.41, 5.74) is 0.283. The first-order valence-electron chi connectivity index (χ1n) is 5.17. The van der Waals surface area contributed by atoms with E-state index < -0.39 is 18.2 Å². The number of ether oxygens (including phenoxy) is 1. The number of pyridine rings is 1. The first-order chi connectivity index (χ1) is 8.06. The topological polar surface area (TPSA) is 79.7 Å². The lowest BCUT2D eigenvalue weighted by atomic mass is 10.0. The number of carbonyl (C=O) groups excluding carboxylic acids is 1. The molecule has 1 aromatic heterocycles. The molecule has 2 N–H and O–H groups in total. The van der Waals surface area contributed by atoms with Gasteiger partial charge in [-0.05, 0) is 13.0 Å². The zero-order valence-corrected chi connectivity index (χ0v) is 10.1. The summed E-state index contributed by atoms with van der Waals surface area (Å²) in [7, 11) is 0. The molecule has 0 aliphatic carbocycles. The van der Waals surface area contributed by atoms with Crippen molar-refractivity contribution >= 4 is 17.6 Å². The van der Waals surface area contributed by atoms with Gasteiger partial charge in [-0.25, -0.2) is 0 Å². The van der Waals surface area contributed by atoms with Gasteiger partial charge < -0.3 is 14.9 Å². The summed E-state index contributed by atoms with van der Waals surface area (Å²) in [6, 6.07) is 1.50. The number of hydrogen-bond donors (Lipinski definition) is 2. The standard InChI is InChI=1S/C11H14ClNO4/c1-2-17-10(15)5-9(14)11(16)7-6-13-4-3-8(7)12/h3-4,6,9,11,14,16H,2,5H2,1H3. The van der Waals surface area contributed by atoms with Crippen LogP contribution in [-0.2, 0) is 9.53 Å². The maximum absolute atomic E-state index is 11.1. The fourth-order valence-corrected chi connectivity index (χ4v) is 1.53. The summed E-state index contributed by atoms with van der Waals surface area (Å²) in [5.74, 6) is -0.570. The lowest BCUT2D eigenvalue weighted by Gasteiger charge is -2.17. The van der Waals surface area contributed by atoms with Crippen LogP contribution in [0.5, 0.6) is 0 Å². The van der Waals surface area contributed by atoms with Crippen molar-refractivity contribution in [3.05, 3.63) is 29.0 Å². The predicted molar refractivity (Wildman–Crippen MR) is 61.5 cm³/mol. The Balaban J connectivity index is 2.67. The fourth-order valence-electron chi connectivity index (χ4n) is 1.32. The number of aliphatic hydroxyl groups excluding tert-OH is 2. The molecule has 2 unspecified atom stereocenters. The summed E-state index contributed by atoms with van der Waals surface area (Å²) in [6.45, 7) is 1.90. The van der Waals surface area contributed by atoms with Crippen LogP contribution in [0.25, 0.3) is 0 Å². The van der Waals surface area contributed by atoms with Crippen LogP contribution < -0.4 is 0 Å². The van der Waals surface area contributed by atoms with E-state index in [9.17, 15) is 15.0 Å². The third-order valence-corrected chi connectivity index (χ3v) is 2.50. The van der Waals surface area contributed by atoms with Crippen molar-refractivity contribution in [2.75, 3.05) is 6.61 Å². The smallest absolute Gasteiger partial charge is 0.308 e. The van der Waals surface area contributed by atoms with Gasteiger partial charge in [0.2, 0.25) is 0 Å². The Bertz CT molecular complexity index is 385. The summed E-state index contributed by atoms with van der Waals surface area (Å²) in [5, 5.41) is 19.7. The number of nitrogens with zero attached hydrogens (tertiary/aromatic N) is 1. The molecule has 1 aromatic rings. The number of hydrogen-bond acceptors (Lipinski definition) is 5. The molecule has 2 atom stereocenters. The highest BCUT2D eigenvalue weighted by atomic mass is 35.5. The molecule has 0 aliphatic rings. The Morgan fingerprint density at radius 3 is 2.88 bits per heavy atom. The van der Waals surface area contributed by atoms with E-state index >= 15 is 0 Å². The predicted octanol–water partition coefficient (Wildman–Crippen LogP) is 1.08. The van der Waals surface area contributed by atoms with Gasteiger partial charge in [0.05, 0.1) is 19.1 Å². The molecule has 0 spiro atoms. The maximum atomic E-state index is 11.1. The van der Waals surface area contributed by atoms with Gasteiger partial charge in [0.1, 0.15) is 6.10 Å². The van der Waals surface area contributed by atoms with Gasteiger partial charge in [-0.2, -0.15) is 0 Å². The highest BCUT2D eigenvalue weighted by Crippen LogP contribution is 2.25. The van der Waals surface area contributed by atoms with Crippen molar-refractivity contribution in [1.82, 2.24) is 4.98 Å². The molecule has 94 valence electrons. The third kappa shape index (κ3) is 3.96. The quantitative estimate of drug-likeness (QED) is 0.774. The van der Waals surface area contributed by atoms with Gasteiger partial charge in [0.15, 0.2) is 0 Å². The number of halogens is 1. The molecule has 17 heavy (non-hydrogen) atoms. The van der Waals surface area contributed by atoms with Crippen LogP contribution in [0.1, 0.15) is 25.0 Å². The number of carbonyl (C=O) groups is 1. The molecular formula is C11H14ClNO4. The molecule has 0 aromatic carbocycles. The van der Waals surface area contributed by atoms with Crippen LogP contribution in [0.4, 0.5) is 0 Å². The Labute approximate surface area is 104 Å². The molecule has 0 radical (unpaired) electrons. The largest absolute Gasteiger partial charge is 0.466 e. The monoisotopic (exact) mass is 259 g/mol. The average Bonchev–Trinajstić information content (AvgIpc) is 2.29. The van der Waals surface area contributed by atoms with Gasteiger partial charge in [-0.1, -0.05) is 11.6 Å². The molecule has 0 amide bonds. The second-order valence-corrected chi connectivity index (χ2v) is 3.83. The number of esters is 1. The highest BCUT2D eigenvalue weighted by Gasteiger charge is 2.23. The molecule has 1 heterocycles. The van der Waals surface area contributed by atoms with E-state index in [4.69, 9.17) is 11.6 Å². The first kappa shape index (κ1) is 13.9. The lowest BCUT2D eigenvalue weighted by molar-refractivity contribution is -0.147. The molecule has 0 saturated carbocycles. The third-order valence-electron chi connectivity index (χ3n) is 2.16. The summed E-state index contributed by atoms with van der Waals surface area (Å²) in [6.07, 6.45) is -0.00547. The molecule has 0 saturated heterocycles. The lowest BCUT2D eigenvalue weighted by Crippen LogP contribution is -2.23. The number of aromatic nitrogens is 1. The van der Waals surface area contributed by atoms with Crippen LogP contribution in [0, 0.1) is 0 Å². The maximum Gasteiger partial charge on any atom is 0.308 e. The average molecular weight is 260 g/mol. The van der Waals surface area contributed by atoms with Crippen LogP contribution in [-0.4, -0.2) is 33.9 Å². The van der Waals surface area contributed by atoms with Crippen molar-refractivity contribution in [2.45, 2.75) is 25.6 Å². The van der Waals surface area contributed by atoms with Crippen LogP contribution in [0.2, 0.25) is 5.02 Å². The highest BCUT2D eigenvalue weighted by molar-refractivity contribution is 6.31. The van der Waals surface area contributed by atoms with E-state index in [1.54, 1.807) is 6.92 Å². The van der Waals surface area contributed by atoms with Crippen LogP contribution >= 0.6 is 11.6 Å². The second kappa shape index (κ2) is 6.54. The van der Waals surface area contributed by atoms with Crippen LogP contribution in [0.15, 0.2) is 18.5 Å². The molecule has 0 bridgehead atoms. The Hall–Kier alpha value is -1.17.